The fourth-order valence-electron chi connectivity index (χ4n) is 5.87. The van der Waals surface area contributed by atoms with Gasteiger partial charge < -0.3 is 4.74 Å². The zero-order valence-corrected chi connectivity index (χ0v) is 18.2. The normalized spacial score (nSPS) is 29.7. The van der Waals surface area contributed by atoms with Gasteiger partial charge in [-0.1, -0.05) is 35.5 Å². The van der Waals surface area contributed by atoms with Gasteiger partial charge >= 0.3 is 27.5 Å². The highest BCUT2D eigenvalue weighted by Gasteiger charge is 2.59. The summed E-state index contributed by atoms with van der Waals surface area (Å²) in [6.07, 6.45) is 0.142. The molecular weight excluding hydrogens is 473 g/mol. The van der Waals surface area contributed by atoms with Crippen molar-refractivity contribution in [2.45, 2.75) is 50.0 Å². The average molecular weight is 495 g/mol. The zero-order chi connectivity index (χ0) is 24.1. The molecule has 5 rings (SSSR count). The van der Waals surface area contributed by atoms with Crippen LogP contribution < -0.4 is 0 Å². The van der Waals surface area contributed by atoms with Gasteiger partial charge in [0.15, 0.2) is 5.71 Å². The van der Waals surface area contributed by atoms with Gasteiger partial charge in [-0.15, -0.1) is 0 Å². The lowest BCUT2D eigenvalue weighted by Gasteiger charge is -2.56. The highest BCUT2D eigenvalue weighted by molar-refractivity contribution is 7.88. The molecule has 0 aliphatic heterocycles. The van der Waals surface area contributed by atoms with Crippen molar-refractivity contribution in [3.63, 3.8) is 0 Å². The molecule has 33 heavy (non-hydrogen) atoms. The fraction of sp³-hybridized carbons (Fsp3) is 0.619. The third kappa shape index (κ3) is 4.71. The number of alkyl halides is 5. The van der Waals surface area contributed by atoms with Gasteiger partial charge in [0.05, 0.1) is 6.61 Å². The monoisotopic (exact) mass is 495 g/mol. The van der Waals surface area contributed by atoms with Crippen LogP contribution >= 0.6 is 0 Å². The van der Waals surface area contributed by atoms with E-state index >= 15 is 0 Å². The molecule has 4 bridgehead atoms. The van der Waals surface area contributed by atoms with Crippen molar-refractivity contribution in [1.29, 1.82) is 0 Å². The number of hydrogen-bond donors (Lipinski definition) is 0. The maximum atomic E-state index is 14.4. The van der Waals surface area contributed by atoms with E-state index in [-0.39, 0.29) is 6.61 Å². The lowest BCUT2D eigenvalue weighted by Crippen LogP contribution is -2.49. The second kappa shape index (κ2) is 8.21. The highest BCUT2D eigenvalue weighted by Crippen LogP contribution is 2.60. The van der Waals surface area contributed by atoms with Crippen molar-refractivity contribution in [2.75, 3.05) is 6.61 Å². The first-order valence-electron chi connectivity index (χ1n) is 10.5. The standard InChI is InChI=1S/C21H22F5NO5S/c22-20(23,24)17(16-4-2-1-3-5-16)27-32-33(29,30)21(25,26)18(28)31-12-19-9-13-6-14(10-19)8-15(7-13)11-19/h1-5,13-15H,6-12H2. The number of carbonyl (C=O) groups is 1. The van der Waals surface area contributed by atoms with Crippen LogP contribution in [0, 0.1) is 23.2 Å². The number of benzene rings is 1. The smallest absolute Gasteiger partial charge is 0.460 e. The quantitative estimate of drug-likeness (QED) is 0.238. The Morgan fingerprint density at radius 1 is 0.970 bits per heavy atom. The Labute approximate surface area is 187 Å². The van der Waals surface area contributed by atoms with Crippen LogP contribution in [0.15, 0.2) is 35.5 Å². The van der Waals surface area contributed by atoms with Gasteiger partial charge in [-0.2, -0.15) is 30.4 Å². The third-order valence-corrected chi connectivity index (χ3v) is 7.83. The summed E-state index contributed by atoms with van der Waals surface area (Å²) in [5.41, 5.74) is -2.91. The molecule has 0 amide bonds. The molecule has 0 spiro atoms. The van der Waals surface area contributed by atoms with Crippen molar-refractivity contribution >= 4 is 21.8 Å². The predicted molar refractivity (Wildman–Crippen MR) is 106 cm³/mol. The Balaban J connectivity index is 1.46. The van der Waals surface area contributed by atoms with E-state index in [2.05, 4.69) is 9.44 Å². The van der Waals surface area contributed by atoms with E-state index in [1.165, 1.54) is 18.2 Å². The molecule has 0 heterocycles. The van der Waals surface area contributed by atoms with Gasteiger partial charge in [-0.05, 0) is 56.3 Å². The molecular formula is C21H22F5NO5S. The van der Waals surface area contributed by atoms with E-state index in [1.54, 1.807) is 0 Å². The Hall–Kier alpha value is -2.24. The van der Waals surface area contributed by atoms with E-state index < -0.39 is 44.2 Å². The first-order chi connectivity index (χ1) is 15.3. The maximum absolute atomic E-state index is 14.4. The van der Waals surface area contributed by atoms with Crippen LogP contribution in [0.3, 0.4) is 0 Å². The van der Waals surface area contributed by atoms with Gasteiger partial charge in [-0.25, -0.2) is 4.79 Å². The average Bonchev–Trinajstić information content (AvgIpc) is 2.70. The van der Waals surface area contributed by atoms with Crippen LogP contribution in [0.25, 0.3) is 0 Å². The van der Waals surface area contributed by atoms with Gasteiger partial charge in [-0.3, -0.25) is 4.28 Å². The second-order valence-electron chi connectivity index (χ2n) is 9.34. The number of rotatable bonds is 7. The molecule has 182 valence electrons. The molecule has 0 atom stereocenters. The Bertz CT molecular complexity index is 1000. The molecule has 12 heteroatoms. The molecule has 0 saturated heterocycles. The fourth-order valence-corrected chi connectivity index (χ4v) is 6.40. The lowest BCUT2D eigenvalue weighted by atomic mass is 9.50. The molecule has 4 aliphatic carbocycles. The van der Waals surface area contributed by atoms with E-state index in [1.807, 2.05) is 0 Å². The van der Waals surface area contributed by atoms with Crippen molar-refractivity contribution in [3.05, 3.63) is 35.9 Å². The van der Waals surface area contributed by atoms with Crippen molar-refractivity contribution in [1.82, 2.24) is 0 Å². The number of ether oxygens (including phenoxy) is 1. The number of carbonyl (C=O) groups excluding carboxylic acids is 1. The van der Waals surface area contributed by atoms with Crippen molar-refractivity contribution in [2.24, 2.45) is 28.3 Å². The molecule has 0 N–H and O–H groups in total. The van der Waals surface area contributed by atoms with Crippen LogP contribution in [-0.2, 0) is 23.9 Å². The van der Waals surface area contributed by atoms with Crippen LogP contribution in [0.2, 0.25) is 0 Å². The molecule has 0 radical (unpaired) electrons. The molecule has 4 aliphatic rings. The molecule has 4 saturated carbocycles. The van der Waals surface area contributed by atoms with Gasteiger partial charge in [0, 0.05) is 11.0 Å². The topological polar surface area (TPSA) is 82.0 Å². The van der Waals surface area contributed by atoms with Crippen LogP contribution in [0.4, 0.5) is 22.0 Å². The summed E-state index contributed by atoms with van der Waals surface area (Å²) in [5.74, 6) is -1.07. The Morgan fingerprint density at radius 2 is 1.48 bits per heavy atom. The van der Waals surface area contributed by atoms with Crippen LogP contribution in [-0.4, -0.2) is 38.1 Å². The van der Waals surface area contributed by atoms with E-state index in [0.29, 0.717) is 17.8 Å². The molecule has 6 nitrogen and oxygen atoms in total. The van der Waals surface area contributed by atoms with Gasteiger partial charge in [0.2, 0.25) is 0 Å². The number of halogens is 5. The number of nitrogens with zero attached hydrogens (tertiary/aromatic N) is 1. The van der Waals surface area contributed by atoms with E-state index in [9.17, 15) is 35.2 Å². The SMILES string of the molecule is O=C(OCC12CC3CC(CC(C3)C1)C2)C(F)(F)S(=O)(=O)ON=C(c1ccccc1)C(F)(F)F. The summed E-state index contributed by atoms with van der Waals surface area (Å²) in [5, 5.41) is -2.81. The molecule has 1 aromatic carbocycles. The number of esters is 1. The van der Waals surface area contributed by atoms with Gasteiger partial charge in [0.25, 0.3) is 0 Å². The van der Waals surface area contributed by atoms with Crippen LogP contribution in [0.5, 0.6) is 0 Å². The van der Waals surface area contributed by atoms with E-state index in [4.69, 9.17) is 4.74 Å². The number of oxime groups is 1. The predicted octanol–water partition coefficient (Wildman–Crippen LogP) is 4.65. The number of hydrogen-bond acceptors (Lipinski definition) is 6. The van der Waals surface area contributed by atoms with Crippen molar-refractivity contribution in [3.8, 4) is 0 Å². The largest absolute Gasteiger partial charge is 0.478 e. The molecule has 1 aromatic rings. The first kappa shape index (κ1) is 23.9. The zero-order valence-electron chi connectivity index (χ0n) is 17.4. The summed E-state index contributed by atoms with van der Waals surface area (Å²) in [4.78, 5) is 12.0. The third-order valence-electron chi connectivity index (χ3n) is 6.77. The summed E-state index contributed by atoms with van der Waals surface area (Å²) in [6, 6.07) is 5.70. The lowest BCUT2D eigenvalue weighted by molar-refractivity contribution is -0.172. The molecule has 4 fully saturated rings. The summed E-state index contributed by atoms with van der Waals surface area (Å²) >= 11 is 0. The Kier molecular flexibility index (Phi) is 5.95. The first-order valence-corrected chi connectivity index (χ1v) is 11.9. The van der Waals surface area contributed by atoms with Crippen LogP contribution in [0.1, 0.15) is 44.1 Å². The maximum Gasteiger partial charge on any atom is 0.478 e. The minimum absolute atomic E-state index is 0.360. The van der Waals surface area contributed by atoms with Gasteiger partial charge in [0.1, 0.15) is 0 Å². The van der Waals surface area contributed by atoms with E-state index in [0.717, 1.165) is 50.7 Å². The van der Waals surface area contributed by atoms with Crippen molar-refractivity contribution < 1.29 is 44.2 Å². The minimum Gasteiger partial charge on any atom is -0.460 e. The highest BCUT2D eigenvalue weighted by atomic mass is 32.2. The summed E-state index contributed by atoms with van der Waals surface area (Å²) < 4.78 is 101. The molecule has 0 unspecified atom stereocenters. The Morgan fingerprint density at radius 3 is 1.97 bits per heavy atom. The minimum atomic E-state index is -6.20. The summed E-state index contributed by atoms with van der Waals surface area (Å²) in [7, 11) is -6.20. The summed E-state index contributed by atoms with van der Waals surface area (Å²) in [6.45, 7) is -0.360. The molecule has 0 aromatic heterocycles. The second-order valence-corrected chi connectivity index (χ2v) is 10.9.